The van der Waals surface area contributed by atoms with E-state index < -0.39 is 12.1 Å². The van der Waals surface area contributed by atoms with Crippen LogP contribution in [0.3, 0.4) is 0 Å². The second kappa shape index (κ2) is 4.02. The van der Waals surface area contributed by atoms with Gasteiger partial charge in [0.15, 0.2) is 0 Å². The molecule has 0 aromatic heterocycles. The molecule has 1 aromatic rings. The minimum Gasteiger partial charge on any atom is -0.457 e. The van der Waals surface area contributed by atoms with Crippen LogP contribution in [0.1, 0.15) is 18.1 Å². The average Bonchev–Trinajstić information content (AvgIpc) is 2.62. The number of benzene rings is 1. The Morgan fingerprint density at radius 1 is 1.40 bits per heavy atom. The highest BCUT2D eigenvalue weighted by Gasteiger charge is 2.34. The van der Waals surface area contributed by atoms with Crippen LogP contribution in [-0.4, -0.2) is 12.0 Å². The van der Waals surface area contributed by atoms with Crippen LogP contribution in [0.5, 0.6) is 0 Å². The van der Waals surface area contributed by atoms with Crippen molar-refractivity contribution in [2.45, 2.75) is 18.6 Å². The summed E-state index contributed by atoms with van der Waals surface area (Å²) in [5.74, 6) is -0.318. The topological polar surface area (TPSA) is 75.1 Å². The van der Waals surface area contributed by atoms with Crippen LogP contribution in [0.4, 0.5) is 0 Å². The zero-order valence-electron chi connectivity index (χ0n) is 7.91. The second-order valence-corrected chi connectivity index (χ2v) is 3.30. The molecule has 0 N–H and O–H groups in total. The Bertz CT molecular complexity index is 412. The molecule has 2 rings (SSSR count). The molecule has 15 heavy (non-hydrogen) atoms. The van der Waals surface area contributed by atoms with Crippen molar-refractivity contribution >= 4 is 5.97 Å². The third kappa shape index (κ3) is 1.92. The maximum absolute atomic E-state index is 11.1. The van der Waals surface area contributed by atoms with Crippen LogP contribution < -0.4 is 0 Å². The molecule has 1 heterocycles. The highest BCUT2D eigenvalue weighted by Crippen LogP contribution is 2.32. The van der Waals surface area contributed by atoms with Crippen LogP contribution in [0, 0.1) is 0 Å². The van der Waals surface area contributed by atoms with E-state index in [4.69, 9.17) is 10.3 Å². The highest BCUT2D eigenvalue weighted by atomic mass is 16.6. The molecule has 76 valence electrons. The van der Waals surface area contributed by atoms with Gasteiger partial charge < -0.3 is 4.74 Å². The Morgan fingerprint density at radius 2 is 2.13 bits per heavy atom. The number of nitrogens with zero attached hydrogens (tertiary/aromatic N) is 3. The van der Waals surface area contributed by atoms with Crippen molar-refractivity contribution in [1.82, 2.24) is 0 Å². The first-order valence-corrected chi connectivity index (χ1v) is 4.60. The Kier molecular flexibility index (Phi) is 2.56. The number of carbonyl (C=O) groups is 1. The van der Waals surface area contributed by atoms with Gasteiger partial charge in [-0.2, -0.15) is 0 Å². The first kappa shape index (κ1) is 9.55. The summed E-state index contributed by atoms with van der Waals surface area (Å²) in [6.45, 7) is 0. The molecule has 1 aromatic carbocycles. The normalized spacial score (nSPS) is 24.4. The summed E-state index contributed by atoms with van der Waals surface area (Å²) < 4.78 is 5.11. The van der Waals surface area contributed by atoms with Crippen LogP contribution in [0.2, 0.25) is 0 Å². The first-order valence-electron chi connectivity index (χ1n) is 4.60. The van der Waals surface area contributed by atoms with Crippen molar-refractivity contribution in [3.8, 4) is 0 Å². The minimum atomic E-state index is -0.436. The number of hydrogen-bond acceptors (Lipinski definition) is 3. The molecule has 0 aliphatic carbocycles. The van der Waals surface area contributed by atoms with Gasteiger partial charge in [-0.1, -0.05) is 35.4 Å². The lowest BCUT2D eigenvalue weighted by Crippen LogP contribution is -2.09. The standard InChI is InChI=1S/C10H9N3O2/c11-13-12-8-6-9(14)15-10(8)7-4-2-1-3-5-7/h1-5,8,10H,6H2/t8-,10+/m1/s1. The molecule has 0 radical (unpaired) electrons. The molecule has 1 aliphatic heterocycles. The smallest absolute Gasteiger partial charge is 0.306 e. The number of rotatable bonds is 2. The number of azide groups is 1. The van der Waals surface area contributed by atoms with E-state index >= 15 is 0 Å². The molecule has 0 spiro atoms. The van der Waals surface area contributed by atoms with Gasteiger partial charge in [-0.3, -0.25) is 4.79 Å². The van der Waals surface area contributed by atoms with Gasteiger partial charge in [-0.15, -0.1) is 0 Å². The van der Waals surface area contributed by atoms with E-state index in [2.05, 4.69) is 10.0 Å². The van der Waals surface area contributed by atoms with Gasteiger partial charge in [0, 0.05) is 4.91 Å². The Balaban J connectivity index is 2.28. The van der Waals surface area contributed by atoms with E-state index in [0.29, 0.717) is 0 Å². The van der Waals surface area contributed by atoms with Gasteiger partial charge in [0.05, 0.1) is 12.5 Å². The summed E-state index contributed by atoms with van der Waals surface area (Å²) >= 11 is 0. The molecule has 1 aliphatic rings. The first-order chi connectivity index (χ1) is 7.31. The molecule has 0 amide bonds. The fourth-order valence-electron chi connectivity index (χ4n) is 1.65. The van der Waals surface area contributed by atoms with Gasteiger partial charge in [-0.05, 0) is 11.1 Å². The van der Waals surface area contributed by atoms with Crippen molar-refractivity contribution in [3.05, 3.63) is 46.3 Å². The van der Waals surface area contributed by atoms with Gasteiger partial charge in [0.1, 0.15) is 6.10 Å². The maximum atomic E-state index is 11.1. The molecule has 5 heteroatoms. The fraction of sp³-hybridized carbons (Fsp3) is 0.300. The maximum Gasteiger partial charge on any atom is 0.306 e. The quantitative estimate of drug-likeness (QED) is 0.320. The number of hydrogen-bond donors (Lipinski definition) is 0. The molecule has 1 saturated heterocycles. The summed E-state index contributed by atoms with van der Waals surface area (Å²) in [5.41, 5.74) is 9.23. The van der Waals surface area contributed by atoms with E-state index in [9.17, 15) is 4.79 Å². The minimum absolute atomic E-state index is 0.156. The fourth-order valence-corrected chi connectivity index (χ4v) is 1.65. The number of esters is 1. The van der Waals surface area contributed by atoms with Gasteiger partial charge in [0.2, 0.25) is 0 Å². The van der Waals surface area contributed by atoms with Crippen LogP contribution in [-0.2, 0) is 9.53 Å². The predicted molar refractivity (Wildman–Crippen MR) is 52.8 cm³/mol. The van der Waals surface area contributed by atoms with E-state index in [1.54, 1.807) is 0 Å². The van der Waals surface area contributed by atoms with Crippen LogP contribution in [0.15, 0.2) is 35.4 Å². The lowest BCUT2D eigenvalue weighted by molar-refractivity contribution is -0.141. The number of cyclic esters (lactones) is 1. The molecule has 0 bridgehead atoms. The third-order valence-corrected chi connectivity index (χ3v) is 2.31. The summed E-state index contributed by atoms with van der Waals surface area (Å²) in [6.07, 6.45) is -0.279. The SMILES string of the molecule is [N-]=[N+]=N[C@@H]1CC(=O)O[C@H]1c1ccccc1. The lowest BCUT2D eigenvalue weighted by Gasteiger charge is -2.13. The molecule has 5 nitrogen and oxygen atoms in total. The Hall–Kier alpha value is -2.00. The lowest BCUT2D eigenvalue weighted by atomic mass is 10.0. The van der Waals surface area contributed by atoms with E-state index in [1.165, 1.54) is 0 Å². The summed E-state index contributed by atoms with van der Waals surface area (Å²) in [7, 11) is 0. The summed E-state index contributed by atoms with van der Waals surface area (Å²) in [6, 6.07) is 8.86. The second-order valence-electron chi connectivity index (χ2n) is 3.30. The summed E-state index contributed by atoms with van der Waals surface area (Å²) in [4.78, 5) is 13.8. The molecule has 0 saturated carbocycles. The van der Waals surface area contributed by atoms with Crippen molar-refractivity contribution in [2.75, 3.05) is 0 Å². The van der Waals surface area contributed by atoms with Crippen molar-refractivity contribution in [3.63, 3.8) is 0 Å². The molecule has 0 unspecified atom stereocenters. The highest BCUT2D eigenvalue weighted by molar-refractivity contribution is 5.73. The van der Waals surface area contributed by atoms with Gasteiger partial charge in [-0.25, -0.2) is 0 Å². The average molecular weight is 203 g/mol. The number of carbonyl (C=O) groups excluding carboxylic acids is 1. The predicted octanol–water partition coefficient (Wildman–Crippen LogP) is 2.35. The third-order valence-electron chi connectivity index (χ3n) is 2.31. The van der Waals surface area contributed by atoms with Crippen molar-refractivity contribution < 1.29 is 9.53 Å². The van der Waals surface area contributed by atoms with Gasteiger partial charge >= 0.3 is 5.97 Å². The molecule has 1 fully saturated rings. The van der Waals surface area contributed by atoms with Crippen molar-refractivity contribution in [1.29, 1.82) is 0 Å². The van der Waals surface area contributed by atoms with E-state index in [1.807, 2.05) is 30.3 Å². The molecule has 2 atom stereocenters. The zero-order chi connectivity index (χ0) is 10.7. The monoisotopic (exact) mass is 203 g/mol. The van der Waals surface area contributed by atoms with Gasteiger partial charge in [0.25, 0.3) is 0 Å². The molecular formula is C10H9N3O2. The largest absolute Gasteiger partial charge is 0.457 e. The Morgan fingerprint density at radius 3 is 2.80 bits per heavy atom. The zero-order valence-corrected chi connectivity index (χ0v) is 7.91. The number of ether oxygens (including phenoxy) is 1. The van der Waals surface area contributed by atoms with Crippen molar-refractivity contribution in [2.24, 2.45) is 5.11 Å². The van der Waals surface area contributed by atoms with Crippen LogP contribution in [0.25, 0.3) is 10.4 Å². The van der Waals surface area contributed by atoms with E-state index in [0.717, 1.165) is 5.56 Å². The summed E-state index contributed by atoms with van der Waals surface area (Å²) in [5, 5.41) is 3.57. The Labute approximate surface area is 86.3 Å². The van der Waals surface area contributed by atoms with Crippen LogP contribution >= 0.6 is 0 Å². The molecular weight excluding hydrogens is 194 g/mol. The van der Waals surface area contributed by atoms with E-state index in [-0.39, 0.29) is 12.4 Å².